The lowest BCUT2D eigenvalue weighted by molar-refractivity contribution is 0.0951. The highest BCUT2D eigenvalue weighted by Gasteiger charge is 2.18. The second-order valence-electron chi connectivity index (χ2n) is 4.11. The van der Waals surface area contributed by atoms with E-state index in [0.29, 0.717) is 18.2 Å². The number of aromatic amines is 1. The van der Waals surface area contributed by atoms with Crippen LogP contribution in [0.3, 0.4) is 0 Å². The van der Waals surface area contributed by atoms with Crippen LogP contribution in [0.2, 0.25) is 0 Å². The third-order valence-corrected chi connectivity index (χ3v) is 2.90. The Hall–Kier alpha value is -1.36. The quantitative estimate of drug-likeness (QED) is 0.702. The van der Waals surface area contributed by atoms with E-state index in [1.807, 2.05) is 13.0 Å². The third kappa shape index (κ3) is 2.41. The summed E-state index contributed by atoms with van der Waals surface area (Å²) in [5, 5.41) is 13.1. The maximum Gasteiger partial charge on any atom is 0.271 e. The van der Waals surface area contributed by atoms with Crippen LogP contribution in [0.4, 0.5) is 0 Å². The molecule has 2 rings (SSSR count). The number of H-pyrrole nitrogens is 1. The Balaban J connectivity index is 2.03. The molecule has 0 aliphatic carbocycles. The van der Waals surface area contributed by atoms with Gasteiger partial charge in [0.25, 0.3) is 5.91 Å². The van der Waals surface area contributed by atoms with Gasteiger partial charge in [-0.3, -0.25) is 9.89 Å². The number of carbonyl (C=O) groups excluding carboxylic acids is 1. The number of rotatable bonds is 3. The van der Waals surface area contributed by atoms with Gasteiger partial charge in [-0.25, -0.2) is 0 Å². The Morgan fingerprint density at radius 1 is 1.69 bits per heavy atom. The summed E-state index contributed by atoms with van der Waals surface area (Å²) >= 11 is 0. The lowest BCUT2D eigenvalue weighted by Crippen LogP contribution is -2.28. The van der Waals surface area contributed by atoms with Crippen LogP contribution in [0.25, 0.3) is 0 Å². The van der Waals surface area contributed by atoms with Crippen molar-refractivity contribution < 1.29 is 4.79 Å². The van der Waals surface area contributed by atoms with Crippen LogP contribution in [0, 0.1) is 0 Å². The van der Waals surface area contributed by atoms with Crippen LogP contribution in [0.15, 0.2) is 6.07 Å². The Morgan fingerprint density at radius 3 is 3.25 bits per heavy atom. The molecule has 5 heteroatoms. The molecule has 1 amide bonds. The third-order valence-electron chi connectivity index (χ3n) is 2.90. The number of nitrogens with one attached hydrogen (secondary N) is 3. The first-order valence-electron chi connectivity index (χ1n) is 5.85. The Bertz CT molecular complexity index is 355. The highest BCUT2D eigenvalue weighted by atomic mass is 16.1. The van der Waals surface area contributed by atoms with Crippen LogP contribution in [-0.2, 0) is 0 Å². The van der Waals surface area contributed by atoms with Gasteiger partial charge in [0.15, 0.2) is 0 Å². The Labute approximate surface area is 95.0 Å². The van der Waals surface area contributed by atoms with Gasteiger partial charge in [-0.15, -0.1) is 0 Å². The molecule has 1 atom stereocenters. The predicted octanol–water partition coefficient (Wildman–Crippen LogP) is 0.626. The number of aromatic nitrogens is 2. The zero-order chi connectivity index (χ0) is 11.4. The zero-order valence-corrected chi connectivity index (χ0v) is 9.55. The normalized spacial score (nSPS) is 20.7. The molecule has 0 saturated carbocycles. The average molecular weight is 222 g/mol. The van der Waals surface area contributed by atoms with Crippen molar-refractivity contribution in [3.05, 3.63) is 17.5 Å². The largest absolute Gasteiger partial charge is 0.351 e. The molecule has 16 heavy (non-hydrogen) atoms. The van der Waals surface area contributed by atoms with Gasteiger partial charge in [-0.1, -0.05) is 0 Å². The number of amides is 1. The van der Waals surface area contributed by atoms with E-state index in [0.717, 1.165) is 25.2 Å². The number of hydrogen-bond donors (Lipinski definition) is 3. The minimum absolute atomic E-state index is 0.103. The van der Waals surface area contributed by atoms with E-state index in [1.54, 1.807) is 0 Å². The van der Waals surface area contributed by atoms with E-state index >= 15 is 0 Å². The van der Waals surface area contributed by atoms with Gasteiger partial charge in [-0.2, -0.15) is 5.10 Å². The highest BCUT2D eigenvalue weighted by molar-refractivity contribution is 5.92. The second-order valence-corrected chi connectivity index (χ2v) is 4.11. The molecule has 1 fully saturated rings. The maximum absolute atomic E-state index is 11.5. The lowest BCUT2D eigenvalue weighted by atomic mass is 9.96. The first-order valence-corrected chi connectivity index (χ1v) is 5.85. The van der Waals surface area contributed by atoms with Crippen LogP contribution in [-0.4, -0.2) is 35.7 Å². The van der Waals surface area contributed by atoms with E-state index < -0.39 is 0 Å². The summed E-state index contributed by atoms with van der Waals surface area (Å²) in [5.74, 6) is 0.359. The molecule has 1 aromatic rings. The van der Waals surface area contributed by atoms with E-state index in [4.69, 9.17) is 0 Å². The number of nitrogens with zero attached hydrogens (tertiary/aromatic N) is 1. The van der Waals surface area contributed by atoms with Crippen LogP contribution < -0.4 is 10.6 Å². The fraction of sp³-hybridized carbons (Fsp3) is 0.636. The molecule has 3 N–H and O–H groups in total. The molecule has 2 heterocycles. The van der Waals surface area contributed by atoms with Crippen LogP contribution in [0.1, 0.15) is 41.9 Å². The summed E-state index contributed by atoms with van der Waals surface area (Å²) in [4.78, 5) is 11.5. The molecule has 0 aromatic carbocycles. The van der Waals surface area contributed by atoms with Gasteiger partial charge < -0.3 is 10.6 Å². The first kappa shape index (κ1) is 11.1. The van der Waals surface area contributed by atoms with Crippen molar-refractivity contribution >= 4 is 5.91 Å². The molecular formula is C11H18N4O. The first-order chi connectivity index (χ1) is 7.81. The summed E-state index contributed by atoms with van der Waals surface area (Å²) in [7, 11) is 0. The molecule has 88 valence electrons. The van der Waals surface area contributed by atoms with E-state index in [-0.39, 0.29) is 5.91 Å². The lowest BCUT2D eigenvalue weighted by Gasteiger charge is -2.21. The molecule has 1 saturated heterocycles. The average Bonchev–Trinajstić information content (AvgIpc) is 2.80. The molecular weight excluding hydrogens is 204 g/mol. The fourth-order valence-electron chi connectivity index (χ4n) is 2.03. The van der Waals surface area contributed by atoms with Crippen molar-refractivity contribution in [2.75, 3.05) is 19.6 Å². The van der Waals surface area contributed by atoms with Gasteiger partial charge in [-0.05, 0) is 32.4 Å². The van der Waals surface area contributed by atoms with Crippen molar-refractivity contribution in [3.63, 3.8) is 0 Å². The summed E-state index contributed by atoms with van der Waals surface area (Å²) in [6.45, 7) is 4.59. The van der Waals surface area contributed by atoms with Crippen molar-refractivity contribution in [1.29, 1.82) is 0 Å². The SMILES string of the molecule is CCNC(=O)c1cc([C@H]2CCCNC2)[nH]n1. The molecule has 0 radical (unpaired) electrons. The van der Waals surface area contributed by atoms with Gasteiger partial charge >= 0.3 is 0 Å². The van der Waals surface area contributed by atoms with Crippen molar-refractivity contribution in [2.24, 2.45) is 0 Å². The number of carbonyl (C=O) groups is 1. The monoisotopic (exact) mass is 222 g/mol. The zero-order valence-electron chi connectivity index (χ0n) is 9.55. The fourth-order valence-corrected chi connectivity index (χ4v) is 2.03. The van der Waals surface area contributed by atoms with Gasteiger partial charge in [0.1, 0.15) is 5.69 Å². The van der Waals surface area contributed by atoms with E-state index in [9.17, 15) is 4.79 Å². The van der Waals surface area contributed by atoms with Crippen molar-refractivity contribution in [2.45, 2.75) is 25.7 Å². The molecule has 0 unspecified atom stereocenters. The van der Waals surface area contributed by atoms with E-state index in [2.05, 4.69) is 20.8 Å². The minimum atomic E-state index is -0.103. The minimum Gasteiger partial charge on any atom is -0.351 e. The Kier molecular flexibility index (Phi) is 3.56. The molecule has 1 aliphatic rings. The van der Waals surface area contributed by atoms with Crippen LogP contribution in [0.5, 0.6) is 0 Å². The molecule has 1 aromatic heterocycles. The topological polar surface area (TPSA) is 69.8 Å². The van der Waals surface area contributed by atoms with Crippen molar-refractivity contribution in [1.82, 2.24) is 20.8 Å². The molecule has 5 nitrogen and oxygen atoms in total. The summed E-state index contributed by atoms with van der Waals surface area (Å²) in [5.41, 5.74) is 1.55. The highest BCUT2D eigenvalue weighted by Crippen LogP contribution is 2.21. The summed E-state index contributed by atoms with van der Waals surface area (Å²) < 4.78 is 0. The summed E-state index contributed by atoms with van der Waals surface area (Å²) in [6, 6.07) is 1.86. The summed E-state index contributed by atoms with van der Waals surface area (Å²) in [6.07, 6.45) is 2.34. The second kappa shape index (κ2) is 5.12. The molecule has 0 spiro atoms. The van der Waals surface area contributed by atoms with Crippen molar-refractivity contribution in [3.8, 4) is 0 Å². The standard InChI is InChI=1S/C11H18N4O/c1-2-13-11(16)10-6-9(14-15-10)8-4-3-5-12-7-8/h6,8,12H,2-5,7H2,1H3,(H,13,16)(H,14,15)/t8-/m0/s1. The van der Waals surface area contributed by atoms with E-state index in [1.165, 1.54) is 6.42 Å². The van der Waals surface area contributed by atoms with Gasteiger partial charge in [0, 0.05) is 24.7 Å². The van der Waals surface area contributed by atoms with Gasteiger partial charge in [0.05, 0.1) is 0 Å². The van der Waals surface area contributed by atoms with Gasteiger partial charge in [0.2, 0.25) is 0 Å². The smallest absolute Gasteiger partial charge is 0.271 e. The molecule has 0 bridgehead atoms. The number of piperidine rings is 1. The Morgan fingerprint density at radius 2 is 2.56 bits per heavy atom. The number of hydrogen-bond acceptors (Lipinski definition) is 3. The van der Waals surface area contributed by atoms with Crippen LogP contribution >= 0.6 is 0 Å². The molecule has 1 aliphatic heterocycles. The maximum atomic E-state index is 11.5. The predicted molar refractivity (Wildman–Crippen MR) is 61.4 cm³/mol.